The van der Waals surface area contributed by atoms with Crippen molar-refractivity contribution in [2.45, 2.75) is 184 Å². The first-order valence-electron chi connectivity index (χ1n) is 22.9. The molecule has 4 unspecified atom stereocenters. The average molecular weight is 954 g/mol. The molecule has 0 spiro atoms. The third kappa shape index (κ3) is 31.8. The Hall–Kier alpha value is -2.77. The minimum Gasteiger partial charge on any atom is -0.393 e. The van der Waals surface area contributed by atoms with Crippen LogP contribution in [-0.4, -0.2) is 73.9 Å². The number of allylic oxidation sites excluding steroid dienone is 15. The number of rotatable bonds is 34. The molecule has 0 aliphatic carbocycles. The quantitative estimate of drug-likeness (QED) is 0.0182. The van der Waals surface area contributed by atoms with Crippen molar-refractivity contribution >= 4 is 21.6 Å². The maximum absolute atomic E-state index is 12.6. The summed E-state index contributed by atoms with van der Waals surface area (Å²) in [5, 5.41) is 42.1. The Bertz CT molecular complexity index is 1830. The maximum Gasteiger partial charge on any atom is 0.483 e. The Labute approximate surface area is 391 Å². The average Bonchev–Trinajstić information content (AvgIpc) is 3.18. The largest absolute Gasteiger partial charge is 0.483 e. The van der Waals surface area contributed by atoms with Gasteiger partial charge in [-0.15, -0.1) is 0 Å². The van der Waals surface area contributed by atoms with E-state index in [2.05, 4.69) is 112 Å². The molecule has 0 aromatic rings. The molecular formula is C50H85NO12P2. The van der Waals surface area contributed by atoms with Gasteiger partial charge in [0.1, 0.15) is 5.54 Å². The highest BCUT2D eigenvalue weighted by Gasteiger charge is 2.45. The predicted molar refractivity (Wildman–Crippen MR) is 265 cm³/mol. The van der Waals surface area contributed by atoms with Crippen LogP contribution in [0, 0.1) is 0 Å². The molecule has 0 aliphatic heterocycles. The summed E-state index contributed by atoms with van der Waals surface area (Å²) in [6, 6.07) is 0. The van der Waals surface area contributed by atoms with Crippen LogP contribution in [-0.2, 0) is 27.3 Å². The van der Waals surface area contributed by atoms with Crippen LogP contribution in [0.15, 0.2) is 105 Å². The number of hydrogen-bond donors (Lipinski definition) is 7. The van der Waals surface area contributed by atoms with Gasteiger partial charge in [0.25, 0.3) is 0 Å². The minimum atomic E-state index is -5.58. The van der Waals surface area contributed by atoms with Crippen molar-refractivity contribution in [1.29, 1.82) is 0 Å². The molecule has 0 rings (SSSR count). The summed E-state index contributed by atoms with van der Waals surface area (Å²) in [5.74, 6) is -0.837. The lowest BCUT2D eigenvalue weighted by molar-refractivity contribution is -0.132. The molecule has 65 heavy (non-hydrogen) atoms. The highest BCUT2D eigenvalue weighted by atomic mass is 31.3. The number of aliphatic hydroxyl groups is 4. The van der Waals surface area contributed by atoms with Crippen molar-refractivity contribution in [3.05, 3.63) is 105 Å². The second-order valence-electron chi connectivity index (χ2n) is 17.6. The molecule has 0 fully saturated rings. The van der Waals surface area contributed by atoms with Gasteiger partial charge in [-0.1, -0.05) is 93.2 Å². The molecule has 0 saturated carbocycles. The fourth-order valence-electron chi connectivity index (χ4n) is 6.54. The molecule has 5 atom stereocenters. The van der Waals surface area contributed by atoms with Crippen molar-refractivity contribution in [2.24, 2.45) is 0 Å². The van der Waals surface area contributed by atoms with Crippen molar-refractivity contribution in [2.75, 3.05) is 19.8 Å². The lowest BCUT2D eigenvalue weighted by Crippen LogP contribution is -2.58. The first kappa shape index (κ1) is 62.2. The second-order valence-corrected chi connectivity index (χ2v) is 20.6. The van der Waals surface area contributed by atoms with Gasteiger partial charge in [-0.25, -0.2) is 9.13 Å². The highest BCUT2D eigenvalue weighted by molar-refractivity contribution is 7.61. The molecule has 1 amide bonds. The Morgan fingerprint density at radius 2 is 0.908 bits per heavy atom. The summed E-state index contributed by atoms with van der Waals surface area (Å²) in [6.07, 6.45) is 29.1. The second kappa shape index (κ2) is 33.7. The first-order valence-corrected chi connectivity index (χ1v) is 25.9. The molecule has 0 bridgehead atoms. The first-order chi connectivity index (χ1) is 30.4. The molecule has 7 N–H and O–H groups in total. The number of aliphatic hydroxyl groups excluding tert-OH is 4. The van der Waals surface area contributed by atoms with Gasteiger partial charge in [0.2, 0.25) is 5.91 Å². The lowest BCUT2D eigenvalue weighted by Gasteiger charge is -2.35. The van der Waals surface area contributed by atoms with Crippen LogP contribution in [0.1, 0.15) is 166 Å². The van der Waals surface area contributed by atoms with Gasteiger partial charge in [0.15, 0.2) is 6.29 Å². The molecule has 0 aliphatic rings. The van der Waals surface area contributed by atoms with Gasteiger partial charge < -0.3 is 35.5 Å². The van der Waals surface area contributed by atoms with Gasteiger partial charge in [0.05, 0.1) is 25.9 Å². The van der Waals surface area contributed by atoms with Gasteiger partial charge >= 0.3 is 15.6 Å². The number of carbonyl (C=O) groups is 1. The number of hydrogen-bond acceptors (Lipinski definition) is 10. The zero-order valence-corrected chi connectivity index (χ0v) is 43.2. The van der Waals surface area contributed by atoms with E-state index in [1.807, 2.05) is 0 Å². The van der Waals surface area contributed by atoms with E-state index in [0.717, 1.165) is 102 Å². The maximum atomic E-state index is 12.6. The fourth-order valence-corrected chi connectivity index (χ4v) is 8.63. The zero-order valence-electron chi connectivity index (χ0n) is 41.4. The van der Waals surface area contributed by atoms with E-state index in [-0.39, 0.29) is 5.57 Å². The van der Waals surface area contributed by atoms with Gasteiger partial charge in [-0.05, 0) is 171 Å². The van der Waals surface area contributed by atoms with Crippen LogP contribution in [0.3, 0.4) is 0 Å². The van der Waals surface area contributed by atoms with Crippen LogP contribution in [0.4, 0.5) is 0 Å². The molecule has 0 saturated heterocycles. The normalized spacial score (nSPS) is 17.9. The summed E-state index contributed by atoms with van der Waals surface area (Å²) >= 11 is 0. The predicted octanol–water partition coefficient (Wildman–Crippen LogP) is 11.8. The van der Waals surface area contributed by atoms with Crippen molar-refractivity contribution in [1.82, 2.24) is 5.32 Å². The number of carbonyl (C=O) groups excluding carboxylic acids is 1. The molecule has 13 nitrogen and oxygen atoms in total. The standard InChI is InChI=1S/C50H85NO12P2/c1-38(2)19-12-20-39(3)21-13-22-40(4)23-14-24-41(5)25-15-26-42(6)27-16-28-43(7)29-17-30-44(8)31-18-32-45(9)33-34-61-64(57,58)63-65(59,60)62-49(56)50(37-53,51-47(11)55)35-48(36-52)46(10)54/h19,21,23,25,27,29,31,33,35,46,49,52-54,56H,12-18,20,22,24,26,28,30,32,34,36-37H2,1-11H3,(H,51,55)(H,57,58)(H,59,60)/b39-21+,40-23+,41-25-,42-27-,43-29-,44-31-,45-33-,48-35-/t46-,49?,50?/m0/s1. The van der Waals surface area contributed by atoms with E-state index in [9.17, 15) is 44.1 Å². The number of phosphoric acid groups is 2. The SMILES string of the molecule is CC(=O)NC(/C=C(/CO)[C@H](C)O)(CO)C(O)OP(=O)(O)OP(=O)(O)OC/C=C(/C)CC/C=C(/C)CC/C=C(/C)CC/C=C(/C)CC/C=C(/C)CC/C=C(\C)CC/C=C(\C)CCC=C(C)C. The third-order valence-corrected chi connectivity index (χ3v) is 13.3. The van der Waals surface area contributed by atoms with Crippen LogP contribution in [0.2, 0.25) is 0 Å². The Kier molecular flexibility index (Phi) is 32.2. The summed E-state index contributed by atoms with van der Waals surface area (Å²) in [6.45, 7) is 19.2. The Balaban J connectivity index is 4.73. The van der Waals surface area contributed by atoms with E-state index in [4.69, 9.17) is 4.52 Å². The van der Waals surface area contributed by atoms with Crippen LogP contribution in [0.5, 0.6) is 0 Å². The highest BCUT2D eigenvalue weighted by Crippen LogP contribution is 2.61. The number of nitrogens with one attached hydrogen (secondary N) is 1. The number of phosphoric ester groups is 2. The Morgan fingerprint density at radius 1 is 0.569 bits per heavy atom. The summed E-state index contributed by atoms with van der Waals surface area (Å²) < 4.78 is 38.8. The molecule has 15 heteroatoms. The van der Waals surface area contributed by atoms with Crippen molar-refractivity contribution in [3.8, 4) is 0 Å². The molecule has 0 heterocycles. The van der Waals surface area contributed by atoms with E-state index in [1.54, 1.807) is 6.92 Å². The van der Waals surface area contributed by atoms with Gasteiger partial charge in [-0.3, -0.25) is 13.8 Å². The molecule has 372 valence electrons. The van der Waals surface area contributed by atoms with Gasteiger partial charge in [-0.2, -0.15) is 4.31 Å². The molecular weight excluding hydrogens is 868 g/mol. The zero-order chi connectivity index (χ0) is 49.6. The van der Waals surface area contributed by atoms with E-state index >= 15 is 0 Å². The van der Waals surface area contributed by atoms with E-state index in [0.29, 0.717) is 6.42 Å². The lowest BCUT2D eigenvalue weighted by atomic mass is 9.94. The molecule has 0 radical (unpaired) electrons. The van der Waals surface area contributed by atoms with Gasteiger partial charge in [0, 0.05) is 6.92 Å². The summed E-state index contributed by atoms with van der Waals surface area (Å²) in [4.78, 5) is 32.0. The van der Waals surface area contributed by atoms with Crippen molar-refractivity contribution < 1.29 is 57.5 Å². The third-order valence-electron chi connectivity index (χ3n) is 10.7. The smallest absolute Gasteiger partial charge is 0.393 e. The molecule has 0 aromatic heterocycles. The summed E-state index contributed by atoms with van der Waals surface area (Å²) in [7, 11) is -10.8. The fraction of sp³-hybridized carbons (Fsp3) is 0.620. The molecule has 0 aromatic carbocycles. The topological polar surface area (TPSA) is 212 Å². The monoisotopic (exact) mass is 954 g/mol. The van der Waals surface area contributed by atoms with Crippen molar-refractivity contribution in [3.63, 3.8) is 0 Å². The van der Waals surface area contributed by atoms with E-state index < -0.39 is 59.3 Å². The van der Waals surface area contributed by atoms with Crippen LogP contribution < -0.4 is 5.32 Å². The Morgan fingerprint density at radius 3 is 1.20 bits per heavy atom. The van der Waals surface area contributed by atoms with E-state index in [1.165, 1.54) is 52.0 Å². The minimum absolute atomic E-state index is 0.189. The summed E-state index contributed by atoms with van der Waals surface area (Å²) in [5.41, 5.74) is 8.16. The number of amides is 1. The van der Waals surface area contributed by atoms with Crippen LogP contribution in [0.25, 0.3) is 0 Å². The van der Waals surface area contributed by atoms with Crippen LogP contribution >= 0.6 is 15.6 Å².